The average Bonchev–Trinajstić information content (AvgIpc) is 2.64. The van der Waals surface area contributed by atoms with Crippen molar-refractivity contribution in [3.05, 3.63) is 71.0 Å². The highest BCUT2D eigenvalue weighted by Gasteiger charge is 2.30. The maximum Gasteiger partial charge on any atom is 0.251 e. The number of aliphatic hydroxyl groups excluding tert-OH is 1. The maximum absolute atomic E-state index is 13.2. The van der Waals surface area contributed by atoms with Crippen molar-refractivity contribution >= 4 is 11.8 Å². The first-order valence-corrected chi connectivity index (χ1v) is 8.12. The van der Waals surface area contributed by atoms with Gasteiger partial charge in [-0.15, -0.1) is 0 Å². The molecule has 0 aromatic heterocycles. The Kier molecular flexibility index (Phi) is 5.09. The second kappa shape index (κ2) is 7.44. The molecule has 0 saturated carbocycles. The van der Waals surface area contributed by atoms with Crippen LogP contribution >= 0.6 is 0 Å². The summed E-state index contributed by atoms with van der Waals surface area (Å²) in [4.78, 5) is 26.1. The molecule has 0 saturated heterocycles. The highest BCUT2D eigenvalue weighted by atomic mass is 19.1. The summed E-state index contributed by atoms with van der Waals surface area (Å²) in [5, 5.41) is 12.2. The molecule has 0 spiro atoms. The lowest BCUT2D eigenvalue weighted by atomic mass is 9.93. The van der Waals surface area contributed by atoms with Crippen LogP contribution in [0, 0.1) is 5.82 Å². The van der Waals surface area contributed by atoms with Gasteiger partial charge in [0.05, 0.1) is 19.2 Å². The molecule has 0 radical (unpaired) electrons. The molecule has 6 heteroatoms. The Bertz CT molecular complexity index is 794. The van der Waals surface area contributed by atoms with Gasteiger partial charge in [0, 0.05) is 12.1 Å². The fourth-order valence-electron chi connectivity index (χ4n) is 3.14. The molecule has 5 nitrogen and oxygen atoms in total. The highest BCUT2D eigenvalue weighted by Crippen LogP contribution is 2.29. The van der Waals surface area contributed by atoms with Gasteiger partial charge in [-0.2, -0.15) is 0 Å². The number of nitrogens with zero attached hydrogens (tertiary/aromatic N) is 1. The Morgan fingerprint density at radius 2 is 2.00 bits per heavy atom. The van der Waals surface area contributed by atoms with Crippen LogP contribution in [0.15, 0.2) is 48.5 Å². The summed E-state index contributed by atoms with van der Waals surface area (Å²) in [6.45, 7) is 0.103. The van der Waals surface area contributed by atoms with Crippen molar-refractivity contribution in [2.45, 2.75) is 12.5 Å². The zero-order chi connectivity index (χ0) is 17.8. The van der Waals surface area contributed by atoms with E-state index < -0.39 is 17.8 Å². The molecule has 3 rings (SSSR count). The standard InChI is InChI=1S/C19H19FN2O3/c20-15-6-3-5-14(10-15)19(25)21-11-18(24)22-9-8-13-4-1-2-7-16(13)17(22)12-23/h1-7,10,17,23H,8-9,11-12H2,(H,21,25). The molecule has 0 fully saturated rings. The second-order valence-electron chi connectivity index (χ2n) is 5.93. The van der Waals surface area contributed by atoms with E-state index in [1.54, 1.807) is 4.90 Å². The normalized spacial score (nSPS) is 16.2. The number of hydrogen-bond donors (Lipinski definition) is 2. The molecule has 1 heterocycles. The third-order valence-corrected chi connectivity index (χ3v) is 4.39. The zero-order valence-corrected chi connectivity index (χ0v) is 13.6. The van der Waals surface area contributed by atoms with Crippen LogP contribution in [-0.2, 0) is 11.2 Å². The first-order valence-electron chi connectivity index (χ1n) is 8.12. The molecule has 25 heavy (non-hydrogen) atoms. The number of halogens is 1. The number of rotatable bonds is 4. The molecule has 1 unspecified atom stereocenters. The molecule has 1 atom stereocenters. The van der Waals surface area contributed by atoms with Gasteiger partial charge in [0.1, 0.15) is 5.82 Å². The smallest absolute Gasteiger partial charge is 0.251 e. The first-order chi connectivity index (χ1) is 12.1. The molecule has 2 N–H and O–H groups in total. The van der Waals surface area contributed by atoms with E-state index in [0.29, 0.717) is 13.0 Å². The fourth-order valence-corrected chi connectivity index (χ4v) is 3.14. The van der Waals surface area contributed by atoms with Crippen LogP contribution in [0.25, 0.3) is 0 Å². The van der Waals surface area contributed by atoms with E-state index in [9.17, 15) is 19.1 Å². The van der Waals surface area contributed by atoms with Crippen molar-refractivity contribution in [1.29, 1.82) is 0 Å². The topological polar surface area (TPSA) is 69.6 Å². The zero-order valence-electron chi connectivity index (χ0n) is 13.6. The maximum atomic E-state index is 13.2. The summed E-state index contributed by atoms with van der Waals surface area (Å²) in [6, 6.07) is 12.6. The number of carbonyl (C=O) groups is 2. The van der Waals surface area contributed by atoms with Crippen LogP contribution in [0.4, 0.5) is 4.39 Å². The summed E-state index contributed by atoms with van der Waals surface area (Å²) < 4.78 is 13.2. The molecule has 0 aliphatic carbocycles. The lowest BCUT2D eigenvalue weighted by molar-refractivity contribution is -0.134. The lowest BCUT2D eigenvalue weighted by Crippen LogP contribution is -2.46. The number of carbonyl (C=O) groups excluding carboxylic acids is 2. The highest BCUT2D eigenvalue weighted by molar-refractivity contribution is 5.96. The Labute approximate surface area is 145 Å². The Morgan fingerprint density at radius 3 is 2.76 bits per heavy atom. The third kappa shape index (κ3) is 3.69. The number of aliphatic hydroxyl groups is 1. The second-order valence-corrected chi connectivity index (χ2v) is 5.93. The Morgan fingerprint density at radius 1 is 1.20 bits per heavy atom. The molecule has 1 aliphatic rings. The van der Waals surface area contributed by atoms with Crippen LogP contribution in [-0.4, -0.2) is 41.5 Å². The summed E-state index contributed by atoms with van der Waals surface area (Å²) >= 11 is 0. The lowest BCUT2D eigenvalue weighted by Gasteiger charge is -2.36. The summed E-state index contributed by atoms with van der Waals surface area (Å²) in [5.41, 5.74) is 2.21. The van der Waals surface area contributed by atoms with E-state index in [2.05, 4.69) is 5.32 Å². The minimum atomic E-state index is -0.509. The van der Waals surface area contributed by atoms with E-state index in [1.165, 1.54) is 18.2 Å². The van der Waals surface area contributed by atoms with Crippen molar-refractivity contribution in [2.75, 3.05) is 19.7 Å². The molecule has 1 aliphatic heterocycles. The van der Waals surface area contributed by atoms with E-state index in [-0.39, 0.29) is 24.6 Å². The molecule has 2 aromatic rings. The fraction of sp³-hybridized carbons (Fsp3) is 0.263. The average molecular weight is 342 g/mol. The van der Waals surface area contributed by atoms with Crippen LogP contribution in [0.1, 0.15) is 27.5 Å². The van der Waals surface area contributed by atoms with Crippen LogP contribution < -0.4 is 5.32 Å². The quantitative estimate of drug-likeness (QED) is 0.888. The number of nitrogens with one attached hydrogen (secondary N) is 1. The third-order valence-electron chi connectivity index (χ3n) is 4.39. The number of fused-ring (bicyclic) bond motifs is 1. The van der Waals surface area contributed by atoms with Gasteiger partial charge in [0.15, 0.2) is 0 Å². The summed E-state index contributed by atoms with van der Waals surface area (Å²) in [6.07, 6.45) is 0.705. The molecular formula is C19H19FN2O3. The minimum absolute atomic E-state index is 0.162. The largest absolute Gasteiger partial charge is 0.394 e. The van der Waals surface area contributed by atoms with Crippen LogP contribution in [0.5, 0.6) is 0 Å². The predicted octanol–water partition coefficient (Wildman–Crippen LogP) is 1.67. The molecule has 2 amide bonds. The van der Waals surface area contributed by atoms with Gasteiger partial charge in [0.25, 0.3) is 5.91 Å². The van der Waals surface area contributed by atoms with Crippen molar-refractivity contribution in [2.24, 2.45) is 0 Å². The molecule has 2 aromatic carbocycles. The monoisotopic (exact) mass is 342 g/mol. The van der Waals surface area contributed by atoms with Gasteiger partial charge in [0.2, 0.25) is 5.91 Å². The van der Waals surface area contributed by atoms with Crippen molar-refractivity contribution in [3.63, 3.8) is 0 Å². The molecule has 0 bridgehead atoms. The summed E-state index contributed by atoms with van der Waals surface area (Å²) in [7, 11) is 0. The Hall–Kier alpha value is -2.73. The first kappa shape index (κ1) is 17.1. The minimum Gasteiger partial charge on any atom is -0.394 e. The van der Waals surface area contributed by atoms with Crippen molar-refractivity contribution in [3.8, 4) is 0 Å². The SMILES string of the molecule is O=C(NCC(=O)N1CCc2ccccc2C1CO)c1cccc(F)c1. The van der Waals surface area contributed by atoms with Gasteiger partial charge >= 0.3 is 0 Å². The predicted molar refractivity (Wildman–Crippen MR) is 90.4 cm³/mol. The van der Waals surface area contributed by atoms with E-state index >= 15 is 0 Å². The number of amides is 2. The number of hydrogen-bond acceptors (Lipinski definition) is 3. The van der Waals surface area contributed by atoms with E-state index in [0.717, 1.165) is 17.2 Å². The van der Waals surface area contributed by atoms with Gasteiger partial charge in [-0.3, -0.25) is 9.59 Å². The van der Waals surface area contributed by atoms with Gasteiger partial charge in [-0.25, -0.2) is 4.39 Å². The van der Waals surface area contributed by atoms with E-state index in [4.69, 9.17) is 0 Å². The Balaban J connectivity index is 1.66. The van der Waals surface area contributed by atoms with Crippen molar-refractivity contribution < 1.29 is 19.1 Å². The van der Waals surface area contributed by atoms with Gasteiger partial charge < -0.3 is 15.3 Å². The van der Waals surface area contributed by atoms with Gasteiger partial charge in [-0.05, 0) is 35.7 Å². The van der Waals surface area contributed by atoms with Gasteiger partial charge in [-0.1, -0.05) is 30.3 Å². The van der Waals surface area contributed by atoms with Crippen molar-refractivity contribution in [1.82, 2.24) is 10.2 Å². The van der Waals surface area contributed by atoms with Crippen LogP contribution in [0.2, 0.25) is 0 Å². The van der Waals surface area contributed by atoms with Crippen LogP contribution in [0.3, 0.4) is 0 Å². The summed E-state index contributed by atoms with van der Waals surface area (Å²) in [5.74, 6) is -1.30. The van der Waals surface area contributed by atoms with E-state index in [1.807, 2.05) is 24.3 Å². The number of benzene rings is 2. The molecular weight excluding hydrogens is 323 g/mol. The molecule has 130 valence electrons.